The van der Waals surface area contributed by atoms with Crippen molar-refractivity contribution < 1.29 is 4.79 Å². The summed E-state index contributed by atoms with van der Waals surface area (Å²) in [6.07, 6.45) is 4.71. The summed E-state index contributed by atoms with van der Waals surface area (Å²) < 4.78 is 1.72. The Hall–Kier alpha value is -3.03. The fourth-order valence-corrected chi connectivity index (χ4v) is 4.24. The van der Waals surface area contributed by atoms with Crippen LogP contribution < -0.4 is 15.1 Å². The van der Waals surface area contributed by atoms with Gasteiger partial charge in [0.05, 0.1) is 18.4 Å². The molecule has 1 N–H and O–H groups in total. The van der Waals surface area contributed by atoms with Crippen molar-refractivity contribution in [2.75, 3.05) is 49.1 Å². The third-order valence-electron chi connectivity index (χ3n) is 5.82. The molecule has 1 unspecified atom stereocenters. The summed E-state index contributed by atoms with van der Waals surface area (Å²) >= 11 is 0. The van der Waals surface area contributed by atoms with Gasteiger partial charge in [0.2, 0.25) is 5.91 Å². The maximum Gasteiger partial charge on any atom is 0.246 e. The Balaban J connectivity index is 1.41. The zero-order valence-electron chi connectivity index (χ0n) is 18.1. The zero-order valence-corrected chi connectivity index (χ0v) is 18.1. The summed E-state index contributed by atoms with van der Waals surface area (Å²) in [4.78, 5) is 24.0. The number of carbonyl (C=O) groups excluding carboxylic acids is 1. The van der Waals surface area contributed by atoms with Crippen LogP contribution in [0, 0.1) is 0 Å². The number of nitrogens with one attached hydrogen (secondary N) is 1. The summed E-state index contributed by atoms with van der Waals surface area (Å²) in [5, 5.41) is 7.55. The Bertz CT molecular complexity index is 922. The number of anilines is 2. The molecular formula is C22H31N7O. The third-order valence-corrected chi connectivity index (χ3v) is 5.82. The highest BCUT2D eigenvalue weighted by molar-refractivity contribution is 5.98. The second-order valence-electron chi connectivity index (χ2n) is 7.95. The lowest BCUT2D eigenvalue weighted by molar-refractivity contribution is -0.120. The summed E-state index contributed by atoms with van der Waals surface area (Å²) in [5.74, 6) is 0.886. The number of piperazine rings is 1. The van der Waals surface area contributed by atoms with Gasteiger partial charge in [-0.3, -0.25) is 14.5 Å². The lowest BCUT2D eigenvalue weighted by atomic mass is 10.2. The van der Waals surface area contributed by atoms with E-state index in [1.54, 1.807) is 15.8 Å². The van der Waals surface area contributed by atoms with Crippen LogP contribution in [-0.4, -0.2) is 71.9 Å². The largest absolute Gasteiger partial charge is 0.366 e. The molecule has 2 aliphatic heterocycles. The predicted octanol–water partition coefficient (Wildman–Crippen LogP) is 1.49. The van der Waals surface area contributed by atoms with Crippen molar-refractivity contribution in [3.8, 4) is 0 Å². The van der Waals surface area contributed by atoms with E-state index in [9.17, 15) is 4.79 Å². The fourth-order valence-electron chi connectivity index (χ4n) is 4.24. The number of rotatable bonds is 5. The molecule has 30 heavy (non-hydrogen) atoms. The molecule has 1 aromatic carbocycles. The third kappa shape index (κ3) is 4.13. The number of hydrogen-bond acceptors (Lipinski definition) is 4. The molecular weight excluding hydrogens is 378 g/mol. The minimum absolute atomic E-state index is 0.0707. The van der Waals surface area contributed by atoms with Crippen LogP contribution in [-0.2, 0) is 18.3 Å². The lowest BCUT2D eigenvalue weighted by Gasteiger charge is -2.35. The molecule has 2 aromatic rings. The standard InChI is InChI=1S/C22H31N7O/c1-4-23-22(24-13-17(2)28-10-9-18-7-5-6-8-20(18)28)27-11-12-29(21(30)16-27)19-14-25-26(3)15-19/h5-8,14-15,17H,4,9-13,16H2,1-3H3,(H,23,24). The van der Waals surface area contributed by atoms with Gasteiger partial charge in [-0.2, -0.15) is 5.10 Å². The SMILES string of the molecule is CCNC(=NCC(C)N1CCc2ccccc21)N1CCN(c2cnn(C)c2)C(=O)C1. The van der Waals surface area contributed by atoms with E-state index in [0.717, 1.165) is 37.7 Å². The highest BCUT2D eigenvalue weighted by Gasteiger charge is 2.28. The average Bonchev–Trinajstić information content (AvgIpc) is 3.37. The lowest BCUT2D eigenvalue weighted by Crippen LogP contribution is -2.55. The minimum atomic E-state index is 0.0707. The van der Waals surface area contributed by atoms with Crippen molar-refractivity contribution in [2.45, 2.75) is 26.3 Å². The van der Waals surface area contributed by atoms with Crippen molar-refractivity contribution >= 4 is 23.2 Å². The van der Waals surface area contributed by atoms with Gasteiger partial charge in [-0.05, 0) is 31.9 Å². The number of hydrogen-bond donors (Lipinski definition) is 1. The molecule has 160 valence electrons. The van der Waals surface area contributed by atoms with E-state index in [-0.39, 0.29) is 5.91 Å². The predicted molar refractivity (Wildman–Crippen MR) is 120 cm³/mol. The molecule has 0 saturated carbocycles. The van der Waals surface area contributed by atoms with E-state index in [2.05, 4.69) is 58.3 Å². The highest BCUT2D eigenvalue weighted by atomic mass is 16.2. The van der Waals surface area contributed by atoms with Crippen LogP contribution in [0.3, 0.4) is 0 Å². The Morgan fingerprint density at radius 1 is 1.27 bits per heavy atom. The molecule has 8 heteroatoms. The minimum Gasteiger partial charge on any atom is -0.366 e. The molecule has 1 saturated heterocycles. The molecule has 1 aromatic heterocycles. The molecule has 0 aliphatic carbocycles. The number of aromatic nitrogens is 2. The summed E-state index contributed by atoms with van der Waals surface area (Å²) in [6.45, 7) is 8.47. The summed E-state index contributed by atoms with van der Waals surface area (Å²) in [6, 6.07) is 8.92. The van der Waals surface area contributed by atoms with E-state index in [0.29, 0.717) is 25.7 Å². The van der Waals surface area contributed by atoms with Crippen molar-refractivity contribution in [3.05, 3.63) is 42.2 Å². The molecule has 0 bridgehead atoms. The Morgan fingerprint density at radius 3 is 2.83 bits per heavy atom. The van der Waals surface area contributed by atoms with Crippen LogP contribution in [0.5, 0.6) is 0 Å². The zero-order chi connectivity index (χ0) is 21.1. The summed E-state index contributed by atoms with van der Waals surface area (Å²) in [7, 11) is 1.86. The maximum absolute atomic E-state index is 12.8. The quantitative estimate of drug-likeness (QED) is 0.599. The Labute approximate surface area is 178 Å². The first-order valence-electron chi connectivity index (χ1n) is 10.7. The first-order valence-corrected chi connectivity index (χ1v) is 10.7. The molecule has 2 aliphatic rings. The van der Waals surface area contributed by atoms with E-state index >= 15 is 0 Å². The molecule has 1 atom stereocenters. The number of benzene rings is 1. The number of guanidine groups is 1. The smallest absolute Gasteiger partial charge is 0.246 e. The van der Waals surface area contributed by atoms with Crippen molar-refractivity contribution in [3.63, 3.8) is 0 Å². The van der Waals surface area contributed by atoms with Gasteiger partial charge in [-0.25, -0.2) is 0 Å². The Kier molecular flexibility index (Phi) is 5.92. The number of nitrogens with zero attached hydrogens (tertiary/aromatic N) is 6. The molecule has 8 nitrogen and oxygen atoms in total. The molecule has 0 spiro atoms. The number of carbonyl (C=O) groups is 1. The normalized spacial score (nSPS) is 18.0. The second-order valence-corrected chi connectivity index (χ2v) is 7.95. The van der Waals surface area contributed by atoms with Crippen molar-refractivity contribution in [1.29, 1.82) is 0 Å². The van der Waals surface area contributed by atoms with E-state index in [1.807, 2.05) is 13.2 Å². The van der Waals surface area contributed by atoms with Crippen LogP contribution in [0.4, 0.5) is 11.4 Å². The van der Waals surface area contributed by atoms with Crippen LogP contribution in [0.2, 0.25) is 0 Å². The first kappa shape index (κ1) is 20.3. The van der Waals surface area contributed by atoms with Gasteiger partial charge in [-0.15, -0.1) is 0 Å². The number of amides is 1. The topological polar surface area (TPSA) is 69.0 Å². The van der Waals surface area contributed by atoms with Gasteiger partial charge in [0.15, 0.2) is 5.96 Å². The average molecular weight is 410 g/mol. The van der Waals surface area contributed by atoms with Gasteiger partial charge in [0.25, 0.3) is 0 Å². The number of aliphatic imine (C=N–C) groups is 1. The van der Waals surface area contributed by atoms with Crippen molar-refractivity contribution in [2.24, 2.45) is 12.0 Å². The molecule has 0 radical (unpaired) electrons. The molecule has 1 fully saturated rings. The van der Waals surface area contributed by atoms with E-state index in [4.69, 9.17) is 4.99 Å². The van der Waals surface area contributed by atoms with Gasteiger partial charge < -0.3 is 20.0 Å². The summed E-state index contributed by atoms with van der Waals surface area (Å²) in [5.41, 5.74) is 3.59. The number of aryl methyl sites for hydroxylation is 1. The van der Waals surface area contributed by atoms with Crippen LogP contribution >= 0.6 is 0 Å². The maximum atomic E-state index is 12.8. The number of fused-ring (bicyclic) bond motifs is 1. The highest BCUT2D eigenvalue weighted by Crippen LogP contribution is 2.29. The fraction of sp³-hybridized carbons (Fsp3) is 0.500. The van der Waals surface area contributed by atoms with E-state index < -0.39 is 0 Å². The first-order chi connectivity index (χ1) is 14.6. The van der Waals surface area contributed by atoms with Gasteiger partial charge in [0, 0.05) is 51.2 Å². The molecule has 3 heterocycles. The second kappa shape index (κ2) is 8.77. The van der Waals surface area contributed by atoms with Crippen LogP contribution in [0.1, 0.15) is 19.4 Å². The van der Waals surface area contributed by atoms with Gasteiger partial charge in [-0.1, -0.05) is 18.2 Å². The van der Waals surface area contributed by atoms with Gasteiger partial charge in [0.1, 0.15) is 6.54 Å². The monoisotopic (exact) mass is 409 g/mol. The van der Waals surface area contributed by atoms with Gasteiger partial charge >= 0.3 is 0 Å². The van der Waals surface area contributed by atoms with Crippen LogP contribution in [0.25, 0.3) is 0 Å². The number of para-hydroxylation sites is 1. The molecule has 1 amide bonds. The Morgan fingerprint density at radius 2 is 2.10 bits per heavy atom. The van der Waals surface area contributed by atoms with Crippen LogP contribution in [0.15, 0.2) is 41.7 Å². The van der Waals surface area contributed by atoms with Crippen molar-refractivity contribution in [1.82, 2.24) is 20.0 Å². The van der Waals surface area contributed by atoms with E-state index in [1.165, 1.54) is 11.3 Å². The molecule has 4 rings (SSSR count).